The van der Waals surface area contributed by atoms with Crippen molar-refractivity contribution < 1.29 is 4.79 Å². The van der Waals surface area contributed by atoms with E-state index in [1.807, 2.05) is 31.2 Å². The number of nitrogens with zero attached hydrogens (tertiary/aromatic N) is 4. The average molecular weight is 407 g/mol. The van der Waals surface area contributed by atoms with Crippen molar-refractivity contribution in [2.75, 3.05) is 13.1 Å². The number of nitrogens with one attached hydrogen (secondary N) is 2. The molecule has 2 N–H and O–H groups in total. The monoisotopic (exact) mass is 406 g/mol. The lowest BCUT2D eigenvalue weighted by Gasteiger charge is -2.18. The second-order valence-electron chi connectivity index (χ2n) is 7.26. The van der Waals surface area contributed by atoms with Gasteiger partial charge >= 0.3 is 6.03 Å². The Morgan fingerprint density at radius 1 is 1.03 bits per heavy atom. The zero-order valence-corrected chi connectivity index (χ0v) is 17.9. The van der Waals surface area contributed by atoms with Crippen molar-refractivity contribution in [3.8, 4) is 5.69 Å². The van der Waals surface area contributed by atoms with Crippen molar-refractivity contribution in [3.63, 3.8) is 0 Å². The van der Waals surface area contributed by atoms with E-state index < -0.39 is 0 Å². The van der Waals surface area contributed by atoms with Crippen molar-refractivity contribution in [1.29, 1.82) is 0 Å². The molecule has 3 rings (SSSR count). The second kappa shape index (κ2) is 10.5. The number of hydrogen-bond acceptors (Lipinski definition) is 4. The van der Waals surface area contributed by atoms with E-state index in [2.05, 4.69) is 63.7 Å². The third kappa shape index (κ3) is 5.90. The van der Waals surface area contributed by atoms with E-state index in [-0.39, 0.29) is 12.1 Å². The molecule has 2 aromatic carbocycles. The van der Waals surface area contributed by atoms with E-state index in [0.29, 0.717) is 6.54 Å². The first kappa shape index (κ1) is 21.5. The summed E-state index contributed by atoms with van der Waals surface area (Å²) in [6, 6.07) is 16.0. The summed E-state index contributed by atoms with van der Waals surface area (Å²) >= 11 is 0. The second-order valence-corrected chi connectivity index (χ2v) is 7.26. The first-order valence-corrected chi connectivity index (χ1v) is 10.4. The summed E-state index contributed by atoms with van der Waals surface area (Å²) in [5, 5.41) is 10.0. The minimum absolute atomic E-state index is 0.105. The van der Waals surface area contributed by atoms with Crippen molar-refractivity contribution in [2.45, 2.75) is 39.9 Å². The average Bonchev–Trinajstić information content (AvgIpc) is 3.32. The summed E-state index contributed by atoms with van der Waals surface area (Å²) in [6.07, 6.45) is 3.15. The lowest BCUT2D eigenvalue weighted by atomic mass is 10.1. The molecule has 0 fully saturated rings. The van der Waals surface area contributed by atoms with Gasteiger partial charge in [0.05, 0.1) is 11.7 Å². The molecule has 30 heavy (non-hydrogen) atoms. The maximum absolute atomic E-state index is 12.3. The van der Waals surface area contributed by atoms with Gasteiger partial charge in [0, 0.05) is 13.1 Å². The van der Waals surface area contributed by atoms with Gasteiger partial charge in [0.1, 0.15) is 12.7 Å². The quantitative estimate of drug-likeness (QED) is 0.569. The first-order chi connectivity index (χ1) is 14.6. The van der Waals surface area contributed by atoms with Gasteiger partial charge in [-0.1, -0.05) is 50.2 Å². The number of carbonyl (C=O) groups is 1. The van der Waals surface area contributed by atoms with Crippen molar-refractivity contribution in [3.05, 3.63) is 77.9 Å². The van der Waals surface area contributed by atoms with Crippen LogP contribution in [0, 0.1) is 0 Å². The minimum Gasteiger partial charge on any atom is -0.334 e. The summed E-state index contributed by atoms with van der Waals surface area (Å²) in [7, 11) is 0. The van der Waals surface area contributed by atoms with E-state index in [0.717, 1.165) is 36.4 Å². The molecule has 2 amide bonds. The molecule has 1 heterocycles. The molecule has 7 heteroatoms. The Bertz CT molecular complexity index is 902. The number of aromatic nitrogens is 3. The number of benzene rings is 2. The molecular weight excluding hydrogens is 376 g/mol. The van der Waals surface area contributed by atoms with Crippen molar-refractivity contribution in [2.24, 2.45) is 0 Å². The molecule has 1 atom stereocenters. The van der Waals surface area contributed by atoms with Crippen molar-refractivity contribution in [1.82, 2.24) is 30.3 Å². The lowest BCUT2D eigenvalue weighted by Crippen LogP contribution is -2.36. The fourth-order valence-corrected chi connectivity index (χ4v) is 3.24. The highest BCUT2D eigenvalue weighted by atomic mass is 16.2. The van der Waals surface area contributed by atoms with Gasteiger partial charge in [-0.2, -0.15) is 5.10 Å². The molecule has 0 radical (unpaired) electrons. The molecule has 1 unspecified atom stereocenters. The van der Waals surface area contributed by atoms with Crippen LogP contribution in [-0.2, 0) is 13.1 Å². The van der Waals surface area contributed by atoms with Crippen LogP contribution in [0.25, 0.3) is 5.69 Å². The van der Waals surface area contributed by atoms with E-state index in [1.165, 1.54) is 11.9 Å². The van der Waals surface area contributed by atoms with Gasteiger partial charge in [-0.05, 0) is 48.8 Å². The van der Waals surface area contributed by atoms with Gasteiger partial charge in [-0.3, -0.25) is 4.90 Å². The Kier molecular flexibility index (Phi) is 7.57. The number of amides is 2. The van der Waals surface area contributed by atoms with Crippen LogP contribution in [0.1, 0.15) is 43.5 Å². The van der Waals surface area contributed by atoms with Gasteiger partial charge in [0.2, 0.25) is 0 Å². The molecule has 0 aliphatic heterocycles. The molecule has 0 spiro atoms. The summed E-state index contributed by atoms with van der Waals surface area (Å²) in [5.41, 5.74) is 4.32. The smallest absolute Gasteiger partial charge is 0.315 e. The van der Waals surface area contributed by atoms with Crippen LogP contribution in [-0.4, -0.2) is 38.8 Å². The summed E-state index contributed by atoms with van der Waals surface area (Å²) in [6.45, 7) is 9.85. The van der Waals surface area contributed by atoms with E-state index in [9.17, 15) is 4.79 Å². The van der Waals surface area contributed by atoms with Gasteiger partial charge in [-0.15, -0.1) is 0 Å². The SMILES string of the molecule is CCN(CC)Cc1ccc(CNC(=O)NC(C)c2ccc(-n3cncn3)cc2)cc1. The highest BCUT2D eigenvalue weighted by Crippen LogP contribution is 2.15. The van der Waals surface area contributed by atoms with E-state index in [1.54, 1.807) is 11.0 Å². The molecular formula is C23H30N6O. The maximum Gasteiger partial charge on any atom is 0.315 e. The van der Waals surface area contributed by atoms with Crippen LogP contribution in [0.4, 0.5) is 4.79 Å². The fourth-order valence-electron chi connectivity index (χ4n) is 3.24. The minimum atomic E-state index is -0.185. The summed E-state index contributed by atoms with van der Waals surface area (Å²) in [5.74, 6) is 0. The molecule has 1 aromatic heterocycles. The van der Waals surface area contributed by atoms with Gasteiger partial charge in [0.15, 0.2) is 0 Å². The summed E-state index contributed by atoms with van der Waals surface area (Å²) < 4.78 is 1.70. The molecule has 0 aliphatic rings. The van der Waals surface area contributed by atoms with Crippen LogP contribution in [0.5, 0.6) is 0 Å². The number of carbonyl (C=O) groups excluding carboxylic acids is 1. The van der Waals surface area contributed by atoms with E-state index >= 15 is 0 Å². The Labute approximate surface area is 178 Å². The predicted molar refractivity (Wildman–Crippen MR) is 118 cm³/mol. The Balaban J connectivity index is 1.47. The van der Waals surface area contributed by atoms with Gasteiger partial charge in [-0.25, -0.2) is 14.5 Å². The van der Waals surface area contributed by atoms with Gasteiger partial charge < -0.3 is 10.6 Å². The molecule has 3 aromatic rings. The normalized spacial score (nSPS) is 12.0. The molecule has 0 aliphatic carbocycles. The van der Waals surface area contributed by atoms with Crippen LogP contribution in [0.3, 0.4) is 0 Å². The van der Waals surface area contributed by atoms with E-state index in [4.69, 9.17) is 0 Å². The molecule has 0 saturated heterocycles. The third-order valence-electron chi connectivity index (χ3n) is 5.20. The highest BCUT2D eigenvalue weighted by Gasteiger charge is 2.10. The Morgan fingerprint density at radius 3 is 2.30 bits per heavy atom. The summed E-state index contributed by atoms with van der Waals surface area (Å²) in [4.78, 5) is 18.6. The fraction of sp³-hybridized carbons (Fsp3) is 0.348. The zero-order valence-electron chi connectivity index (χ0n) is 17.9. The number of rotatable bonds is 9. The number of hydrogen-bond donors (Lipinski definition) is 2. The van der Waals surface area contributed by atoms with Crippen LogP contribution < -0.4 is 10.6 Å². The standard InChI is InChI=1S/C23H30N6O/c1-4-28(5-2)15-20-8-6-19(7-9-20)14-25-23(30)27-18(3)21-10-12-22(13-11-21)29-17-24-16-26-29/h6-13,16-18H,4-5,14-15H2,1-3H3,(H2,25,27,30). The third-order valence-corrected chi connectivity index (χ3v) is 5.20. The van der Waals surface area contributed by atoms with Crippen LogP contribution in [0.2, 0.25) is 0 Å². The van der Waals surface area contributed by atoms with Gasteiger partial charge in [0.25, 0.3) is 0 Å². The maximum atomic E-state index is 12.3. The zero-order chi connectivity index (χ0) is 21.3. The Morgan fingerprint density at radius 2 is 1.70 bits per heavy atom. The van der Waals surface area contributed by atoms with Crippen LogP contribution >= 0.6 is 0 Å². The molecule has 0 bridgehead atoms. The number of urea groups is 1. The Hall–Kier alpha value is -3.19. The molecule has 158 valence electrons. The molecule has 0 saturated carbocycles. The first-order valence-electron chi connectivity index (χ1n) is 10.4. The predicted octanol–water partition coefficient (Wildman–Crippen LogP) is 3.67. The topological polar surface area (TPSA) is 75.1 Å². The lowest BCUT2D eigenvalue weighted by molar-refractivity contribution is 0.237. The molecule has 7 nitrogen and oxygen atoms in total. The van der Waals surface area contributed by atoms with Crippen molar-refractivity contribution >= 4 is 6.03 Å². The highest BCUT2D eigenvalue weighted by molar-refractivity contribution is 5.74. The van der Waals surface area contributed by atoms with Crippen LogP contribution in [0.15, 0.2) is 61.2 Å². The largest absolute Gasteiger partial charge is 0.334 e.